The highest BCUT2D eigenvalue weighted by atomic mass is 35.5. The molecular weight excluding hydrogens is 239 g/mol. The zero-order valence-electron chi connectivity index (χ0n) is 10.0. The van der Waals surface area contributed by atoms with Gasteiger partial charge in [-0.3, -0.25) is 0 Å². The maximum absolute atomic E-state index is 6.54. The molecule has 0 spiro atoms. The largest absolute Gasteiger partial charge is 0.118 e. The first kappa shape index (κ1) is 13.9. The highest BCUT2D eigenvalue weighted by Gasteiger charge is 2.19. The molecule has 0 aliphatic heterocycles. The molecular formula is C14H20Cl2. The average Bonchev–Trinajstić information content (AvgIpc) is 2.29. The Morgan fingerprint density at radius 2 is 1.50 bits per heavy atom. The van der Waals surface area contributed by atoms with E-state index >= 15 is 0 Å². The molecule has 0 aliphatic rings. The lowest BCUT2D eigenvalue weighted by atomic mass is 9.90. The van der Waals surface area contributed by atoms with Crippen LogP contribution in [0.25, 0.3) is 0 Å². The molecule has 2 heteroatoms. The number of hydrogen-bond donors (Lipinski definition) is 0. The van der Waals surface area contributed by atoms with Crippen molar-refractivity contribution >= 4 is 23.2 Å². The molecule has 0 nitrogen and oxygen atoms in total. The van der Waals surface area contributed by atoms with Crippen molar-refractivity contribution in [1.82, 2.24) is 0 Å². The minimum atomic E-state index is 0.122. The molecule has 1 aromatic carbocycles. The van der Waals surface area contributed by atoms with Crippen molar-refractivity contribution in [2.75, 3.05) is 0 Å². The lowest BCUT2D eigenvalue weighted by Crippen LogP contribution is -2.07. The van der Waals surface area contributed by atoms with E-state index in [0.29, 0.717) is 5.92 Å². The van der Waals surface area contributed by atoms with Crippen LogP contribution < -0.4 is 0 Å². The number of hydrogen-bond acceptors (Lipinski definition) is 0. The second kappa shape index (κ2) is 7.19. The van der Waals surface area contributed by atoms with Gasteiger partial charge in [-0.1, -0.05) is 50.4 Å². The Morgan fingerprint density at radius 1 is 1.00 bits per heavy atom. The van der Waals surface area contributed by atoms with Crippen molar-refractivity contribution in [2.24, 2.45) is 5.92 Å². The highest BCUT2D eigenvalue weighted by molar-refractivity contribution is 6.30. The molecule has 90 valence electrons. The minimum absolute atomic E-state index is 0.122. The van der Waals surface area contributed by atoms with Gasteiger partial charge in [0, 0.05) is 5.02 Å². The molecule has 0 fully saturated rings. The Kier molecular flexibility index (Phi) is 6.23. The van der Waals surface area contributed by atoms with Crippen molar-refractivity contribution in [3.05, 3.63) is 34.9 Å². The van der Waals surface area contributed by atoms with Gasteiger partial charge in [0.25, 0.3) is 0 Å². The summed E-state index contributed by atoms with van der Waals surface area (Å²) >= 11 is 12.4. The summed E-state index contributed by atoms with van der Waals surface area (Å²) < 4.78 is 0. The second-order valence-electron chi connectivity index (χ2n) is 4.29. The smallest absolute Gasteiger partial charge is 0.0613 e. The van der Waals surface area contributed by atoms with E-state index in [1.54, 1.807) is 0 Å². The van der Waals surface area contributed by atoms with Crippen LogP contribution in [0.3, 0.4) is 0 Å². The normalized spacial score (nSPS) is 13.1. The van der Waals surface area contributed by atoms with Crippen LogP contribution in [0.15, 0.2) is 24.3 Å². The fourth-order valence-corrected chi connectivity index (χ4v) is 2.62. The fraction of sp³-hybridized carbons (Fsp3) is 0.571. The van der Waals surface area contributed by atoms with Crippen molar-refractivity contribution < 1.29 is 0 Å². The van der Waals surface area contributed by atoms with E-state index in [2.05, 4.69) is 13.8 Å². The Hall–Kier alpha value is -0.200. The van der Waals surface area contributed by atoms with Gasteiger partial charge in [0.1, 0.15) is 0 Å². The first-order valence-corrected chi connectivity index (χ1v) is 6.90. The van der Waals surface area contributed by atoms with Crippen molar-refractivity contribution in [3.8, 4) is 0 Å². The topological polar surface area (TPSA) is 0 Å². The molecule has 0 amide bonds. The standard InChI is InChI=1S/C14H20Cl2/c1-3-5-11(6-4-2)14(16)12-7-9-13(15)10-8-12/h7-11,14H,3-6H2,1-2H3. The summed E-state index contributed by atoms with van der Waals surface area (Å²) in [6.45, 7) is 4.43. The second-order valence-corrected chi connectivity index (χ2v) is 5.20. The van der Waals surface area contributed by atoms with E-state index in [0.717, 1.165) is 5.02 Å². The summed E-state index contributed by atoms with van der Waals surface area (Å²) in [4.78, 5) is 0. The quantitative estimate of drug-likeness (QED) is 0.563. The van der Waals surface area contributed by atoms with E-state index in [1.807, 2.05) is 24.3 Å². The van der Waals surface area contributed by atoms with Crippen LogP contribution in [0.2, 0.25) is 5.02 Å². The van der Waals surface area contributed by atoms with Gasteiger partial charge in [-0.25, -0.2) is 0 Å². The summed E-state index contributed by atoms with van der Waals surface area (Å²) in [7, 11) is 0. The Morgan fingerprint density at radius 3 is 1.94 bits per heavy atom. The van der Waals surface area contributed by atoms with Crippen LogP contribution >= 0.6 is 23.2 Å². The molecule has 16 heavy (non-hydrogen) atoms. The maximum atomic E-state index is 6.54. The van der Waals surface area contributed by atoms with Gasteiger partial charge in [0.2, 0.25) is 0 Å². The van der Waals surface area contributed by atoms with Crippen molar-refractivity contribution in [2.45, 2.75) is 44.9 Å². The fourth-order valence-electron chi connectivity index (χ4n) is 2.10. The Balaban J connectivity index is 2.72. The van der Waals surface area contributed by atoms with Gasteiger partial charge >= 0.3 is 0 Å². The van der Waals surface area contributed by atoms with Gasteiger partial charge in [0.15, 0.2) is 0 Å². The first-order chi connectivity index (χ1) is 7.69. The lowest BCUT2D eigenvalue weighted by molar-refractivity contribution is 0.426. The molecule has 0 saturated carbocycles. The van der Waals surface area contributed by atoms with Crippen molar-refractivity contribution in [3.63, 3.8) is 0 Å². The minimum Gasteiger partial charge on any atom is -0.118 e. The third-order valence-corrected chi connectivity index (χ3v) is 3.78. The van der Waals surface area contributed by atoms with Crippen LogP contribution in [0, 0.1) is 5.92 Å². The number of benzene rings is 1. The van der Waals surface area contributed by atoms with Gasteiger partial charge in [-0.15, -0.1) is 11.6 Å². The molecule has 0 heterocycles. The third-order valence-electron chi connectivity index (χ3n) is 2.92. The molecule has 0 saturated heterocycles. The summed E-state index contributed by atoms with van der Waals surface area (Å²) in [5.41, 5.74) is 1.19. The molecule has 0 N–H and O–H groups in total. The highest BCUT2D eigenvalue weighted by Crippen LogP contribution is 2.35. The number of halogens is 2. The summed E-state index contributed by atoms with van der Waals surface area (Å²) in [5, 5.41) is 0.896. The van der Waals surface area contributed by atoms with Crippen LogP contribution in [-0.2, 0) is 0 Å². The first-order valence-electron chi connectivity index (χ1n) is 6.08. The molecule has 1 rings (SSSR count). The zero-order chi connectivity index (χ0) is 12.0. The predicted molar refractivity (Wildman–Crippen MR) is 73.4 cm³/mol. The lowest BCUT2D eigenvalue weighted by Gasteiger charge is -2.21. The molecule has 1 unspecified atom stereocenters. The zero-order valence-corrected chi connectivity index (χ0v) is 11.6. The number of alkyl halides is 1. The number of rotatable bonds is 6. The van der Waals surface area contributed by atoms with E-state index in [1.165, 1.54) is 31.2 Å². The van der Waals surface area contributed by atoms with E-state index in [-0.39, 0.29) is 5.38 Å². The third kappa shape index (κ3) is 3.99. The molecule has 0 aromatic heterocycles. The van der Waals surface area contributed by atoms with Crippen LogP contribution in [0.1, 0.15) is 50.5 Å². The monoisotopic (exact) mass is 258 g/mol. The molecule has 1 atom stereocenters. The van der Waals surface area contributed by atoms with E-state index < -0.39 is 0 Å². The van der Waals surface area contributed by atoms with E-state index in [9.17, 15) is 0 Å². The van der Waals surface area contributed by atoms with Gasteiger partial charge < -0.3 is 0 Å². The molecule has 0 radical (unpaired) electrons. The summed E-state index contributed by atoms with van der Waals surface area (Å²) in [5.74, 6) is 0.581. The Bertz CT molecular complexity index is 286. The summed E-state index contributed by atoms with van der Waals surface area (Å²) in [6, 6.07) is 7.92. The molecule has 1 aromatic rings. The van der Waals surface area contributed by atoms with E-state index in [4.69, 9.17) is 23.2 Å². The average molecular weight is 259 g/mol. The van der Waals surface area contributed by atoms with Crippen LogP contribution in [0.4, 0.5) is 0 Å². The predicted octanol–water partition coefficient (Wildman–Crippen LogP) is 5.84. The summed E-state index contributed by atoms with van der Waals surface area (Å²) in [6.07, 6.45) is 4.79. The molecule has 0 bridgehead atoms. The van der Waals surface area contributed by atoms with Gasteiger partial charge in [-0.05, 0) is 36.5 Å². The molecule has 0 aliphatic carbocycles. The van der Waals surface area contributed by atoms with Crippen molar-refractivity contribution in [1.29, 1.82) is 0 Å². The SMILES string of the molecule is CCCC(CCC)C(Cl)c1ccc(Cl)cc1. The van der Waals surface area contributed by atoms with Gasteiger partial charge in [-0.2, -0.15) is 0 Å². The van der Waals surface area contributed by atoms with Crippen LogP contribution in [0.5, 0.6) is 0 Å². The van der Waals surface area contributed by atoms with Gasteiger partial charge in [0.05, 0.1) is 5.38 Å². The Labute approximate surface area is 109 Å². The van der Waals surface area contributed by atoms with Crippen LogP contribution in [-0.4, -0.2) is 0 Å². The maximum Gasteiger partial charge on any atom is 0.0613 e.